The molecule has 1 N–H and O–H groups in total. The maximum atomic E-state index is 6.37. The number of halogens is 1. The Hall–Kier alpha value is -1.31. The van der Waals surface area contributed by atoms with Crippen LogP contribution in [-0.4, -0.2) is 6.54 Å². The van der Waals surface area contributed by atoms with Gasteiger partial charge in [-0.1, -0.05) is 41.9 Å². The molecule has 0 radical (unpaired) electrons. The van der Waals surface area contributed by atoms with Crippen molar-refractivity contribution >= 4 is 11.6 Å². The zero-order valence-electron chi connectivity index (χ0n) is 9.54. The van der Waals surface area contributed by atoms with Gasteiger partial charge < -0.3 is 5.32 Å². The second kappa shape index (κ2) is 4.52. The van der Waals surface area contributed by atoms with Crippen molar-refractivity contribution in [2.45, 2.75) is 13.0 Å². The van der Waals surface area contributed by atoms with E-state index in [1.165, 1.54) is 22.3 Å². The Balaban J connectivity index is 2.11. The Kier molecular flexibility index (Phi) is 2.87. The fourth-order valence-electron chi connectivity index (χ4n) is 2.36. The van der Waals surface area contributed by atoms with Crippen molar-refractivity contribution in [3.63, 3.8) is 0 Å². The molecule has 0 saturated carbocycles. The summed E-state index contributed by atoms with van der Waals surface area (Å²) in [6.45, 7) is 1.95. The van der Waals surface area contributed by atoms with Gasteiger partial charge >= 0.3 is 0 Å². The Morgan fingerprint density at radius 3 is 2.65 bits per heavy atom. The zero-order chi connectivity index (χ0) is 11.7. The molecule has 0 spiro atoms. The minimum absolute atomic E-state index is 0.905. The minimum atomic E-state index is 0.905. The van der Waals surface area contributed by atoms with E-state index < -0.39 is 0 Å². The van der Waals surface area contributed by atoms with Crippen molar-refractivity contribution in [3.8, 4) is 11.1 Å². The number of rotatable bonds is 1. The van der Waals surface area contributed by atoms with Crippen LogP contribution in [0.1, 0.15) is 11.1 Å². The first-order valence-corrected chi connectivity index (χ1v) is 6.30. The Morgan fingerprint density at radius 1 is 1.00 bits per heavy atom. The number of nitrogens with one attached hydrogen (secondary N) is 1. The molecule has 1 aliphatic heterocycles. The topological polar surface area (TPSA) is 12.0 Å². The van der Waals surface area contributed by atoms with Crippen LogP contribution in [0, 0.1) is 0 Å². The summed E-state index contributed by atoms with van der Waals surface area (Å²) >= 11 is 6.37. The smallest absolute Gasteiger partial charge is 0.0447 e. The second-order valence-corrected chi connectivity index (χ2v) is 4.80. The lowest BCUT2D eigenvalue weighted by atomic mass is 9.95. The largest absolute Gasteiger partial charge is 0.312 e. The highest BCUT2D eigenvalue weighted by Crippen LogP contribution is 2.30. The summed E-state index contributed by atoms with van der Waals surface area (Å²) in [6.07, 6.45) is 1.03. The summed E-state index contributed by atoms with van der Waals surface area (Å²) in [5.74, 6) is 0. The molecule has 0 fully saturated rings. The van der Waals surface area contributed by atoms with E-state index in [0.29, 0.717) is 0 Å². The van der Waals surface area contributed by atoms with Gasteiger partial charge in [-0.2, -0.15) is 0 Å². The molecule has 86 valence electrons. The van der Waals surface area contributed by atoms with Crippen LogP contribution in [0.15, 0.2) is 42.5 Å². The standard InChI is InChI=1S/C15H14ClN/c16-15-9-12(11-4-2-1-3-5-11)8-13-10-17-7-6-14(13)15/h1-5,8-9,17H,6-7,10H2. The molecular weight excluding hydrogens is 230 g/mol. The van der Waals surface area contributed by atoms with E-state index in [1.807, 2.05) is 6.07 Å². The number of fused-ring (bicyclic) bond motifs is 1. The quantitative estimate of drug-likeness (QED) is 0.806. The van der Waals surface area contributed by atoms with Crippen LogP contribution in [0.4, 0.5) is 0 Å². The summed E-state index contributed by atoms with van der Waals surface area (Å²) in [5.41, 5.74) is 5.08. The van der Waals surface area contributed by atoms with E-state index in [1.54, 1.807) is 0 Å². The van der Waals surface area contributed by atoms with Crippen molar-refractivity contribution in [2.75, 3.05) is 6.54 Å². The van der Waals surface area contributed by atoms with E-state index in [-0.39, 0.29) is 0 Å². The van der Waals surface area contributed by atoms with Crippen molar-refractivity contribution < 1.29 is 0 Å². The molecule has 0 aliphatic carbocycles. The molecule has 0 amide bonds. The summed E-state index contributed by atoms with van der Waals surface area (Å²) in [5, 5.41) is 4.29. The maximum absolute atomic E-state index is 6.37. The molecule has 1 heterocycles. The summed E-state index contributed by atoms with van der Waals surface area (Å²) in [6, 6.07) is 14.7. The molecule has 0 aromatic heterocycles. The summed E-state index contributed by atoms with van der Waals surface area (Å²) in [7, 11) is 0. The van der Waals surface area contributed by atoms with Gasteiger partial charge in [-0.25, -0.2) is 0 Å². The zero-order valence-corrected chi connectivity index (χ0v) is 10.3. The molecule has 0 saturated heterocycles. The lowest BCUT2D eigenvalue weighted by Gasteiger charge is -2.19. The lowest BCUT2D eigenvalue weighted by molar-refractivity contribution is 0.644. The average molecular weight is 244 g/mol. The van der Waals surface area contributed by atoms with Crippen molar-refractivity contribution in [3.05, 3.63) is 58.6 Å². The molecule has 2 aromatic rings. The van der Waals surface area contributed by atoms with E-state index in [0.717, 1.165) is 24.5 Å². The first-order chi connectivity index (χ1) is 8.34. The van der Waals surface area contributed by atoms with Gasteiger partial charge in [-0.05, 0) is 47.4 Å². The van der Waals surface area contributed by atoms with Crippen molar-refractivity contribution in [1.29, 1.82) is 0 Å². The fraction of sp³-hybridized carbons (Fsp3) is 0.200. The number of hydrogen-bond donors (Lipinski definition) is 1. The van der Waals surface area contributed by atoms with Crippen LogP contribution in [0.25, 0.3) is 11.1 Å². The highest BCUT2D eigenvalue weighted by molar-refractivity contribution is 6.31. The molecular formula is C15H14ClN. The van der Waals surface area contributed by atoms with Gasteiger partial charge in [0.1, 0.15) is 0 Å². The third-order valence-electron chi connectivity index (χ3n) is 3.26. The molecule has 0 unspecified atom stereocenters. The van der Waals surface area contributed by atoms with Crippen LogP contribution in [0.2, 0.25) is 5.02 Å². The SMILES string of the molecule is Clc1cc(-c2ccccc2)cc2c1CCNC2. The summed E-state index contributed by atoms with van der Waals surface area (Å²) < 4.78 is 0. The van der Waals surface area contributed by atoms with Crippen LogP contribution in [-0.2, 0) is 13.0 Å². The monoisotopic (exact) mass is 243 g/mol. The van der Waals surface area contributed by atoms with Crippen LogP contribution < -0.4 is 5.32 Å². The predicted octanol–water partition coefficient (Wildman–Crippen LogP) is 3.65. The minimum Gasteiger partial charge on any atom is -0.312 e. The van der Waals surface area contributed by atoms with Crippen LogP contribution in [0.5, 0.6) is 0 Å². The Bertz CT molecular complexity index is 534. The van der Waals surface area contributed by atoms with E-state index in [9.17, 15) is 0 Å². The molecule has 0 atom stereocenters. The van der Waals surface area contributed by atoms with E-state index in [2.05, 4.69) is 41.7 Å². The van der Waals surface area contributed by atoms with Gasteiger partial charge in [0.25, 0.3) is 0 Å². The normalized spacial score (nSPS) is 14.4. The number of hydrogen-bond acceptors (Lipinski definition) is 1. The molecule has 1 aliphatic rings. The molecule has 1 nitrogen and oxygen atoms in total. The highest BCUT2D eigenvalue weighted by Gasteiger charge is 2.13. The molecule has 2 aromatic carbocycles. The summed E-state index contributed by atoms with van der Waals surface area (Å²) in [4.78, 5) is 0. The first-order valence-electron chi connectivity index (χ1n) is 5.92. The molecule has 17 heavy (non-hydrogen) atoms. The average Bonchev–Trinajstić information content (AvgIpc) is 2.40. The molecule has 2 heteroatoms. The Labute approximate surface area is 106 Å². The van der Waals surface area contributed by atoms with E-state index in [4.69, 9.17) is 11.6 Å². The predicted molar refractivity (Wildman–Crippen MR) is 72.3 cm³/mol. The van der Waals surface area contributed by atoms with Crippen molar-refractivity contribution in [2.24, 2.45) is 0 Å². The third-order valence-corrected chi connectivity index (χ3v) is 3.60. The maximum Gasteiger partial charge on any atom is 0.0447 e. The third kappa shape index (κ3) is 2.08. The van der Waals surface area contributed by atoms with Gasteiger partial charge in [-0.3, -0.25) is 0 Å². The second-order valence-electron chi connectivity index (χ2n) is 4.39. The molecule has 0 bridgehead atoms. The van der Waals surface area contributed by atoms with Gasteiger partial charge in [0.2, 0.25) is 0 Å². The van der Waals surface area contributed by atoms with Gasteiger partial charge in [0.05, 0.1) is 0 Å². The lowest BCUT2D eigenvalue weighted by Crippen LogP contribution is -2.23. The van der Waals surface area contributed by atoms with Crippen LogP contribution in [0.3, 0.4) is 0 Å². The fourth-order valence-corrected chi connectivity index (χ4v) is 2.70. The molecule has 3 rings (SSSR count). The van der Waals surface area contributed by atoms with Gasteiger partial charge in [0.15, 0.2) is 0 Å². The van der Waals surface area contributed by atoms with Crippen LogP contribution >= 0.6 is 11.6 Å². The first kappa shape index (κ1) is 10.8. The van der Waals surface area contributed by atoms with Crippen molar-refractivity contribution in [1.82, 2.24) is 5.32 Å². The van der Waals surface area contributed by atoms with Gasteiger partial charge in [-0.15, -0.1) is 0 Å². The Morgan fingerprint density at radius 2 is 1.82 bits per heavy atom. The number of benzene rings is 2. The highest BCUT2D eigenvalue weighted by atomic mass is 35.5. The van der Waals surface area contributed by atoms with Gasteiger partial charge in [0, 0.05) is 11.6 Å². The van der Waals surface area contributed by atoms with E-state index >= 15 is 0 Å².